The number of hydrogen-bond acceptors (Lipinski definition) is 5. The summed E-state index contributed by atoms with van der Waals surface area (Å²) in [6.07, 6.45) is 1.11. The first kappa shape index (κ1) is 17.6. The van der Waals surface area contributed by atoms with Gasteiger partial charge in [-0.25, -0.2) is 4.98 Å². The van der Waals surface area contributed by atoms with E-state index in [9.17, 15) is 9.59 Å². The maximum atomic E-state index is 12.4. The van der Waals surface area contributed by atoms with E-state index in [0.29, 0.717) is 19.1 Å². The maximum Gasteiger partial charge on any atom is 0.325 e. The van der Waals surface area contributed by atoms with Gasteiger partial charge in [0.25, 0.3) is 0 Å². The van der Waals surface area contributed by atoms with Crippen LogP contribution in [0.2, 0.25) is 0 Å². The van der Waals surface area contributed by atoms with Crippen molar-refractivity contribution >= 4 is 23.2 Å². The summed E-state index contributed by atoms with van der Waals surface area (Å²) in [5.41, 5.74) is 0.777. The summed E-state index contributed by atoms with van der Waals surface area (Å²) in [5.74, 6) is -0.145. The molecule has 21 heavy (non-hydrogen) atoms. The lowest BCUT2D eigenvalue weighted by molar-refractivity contribution is -0.149. The van der Waals surface area contributed by atoms with Crippen LogP contribution in [0, 0.1) is 5.92 Å². The fourth-order valence-electron chi connectivity index (χ4n) is 1.92. The highest BCUT2D eigenvalue weighted by Gasteiger charge is 2.20. The molecule has 0 radical (unpaired) electrons. The number of carbonyl (C=O) groups is 2. The van der Waals surface area contributed by atoms with E-state index in [0.717, 1.165) is 17.1 Å². The molecule has 0 saturated heterocycles. The molecule has 1 rings (SSSR count). The number of ether oxygens (including phenoxy) is 1. The monoisotopic (exact) mass is 312 g/mol. The quantitative estimate of drug-likeness (QED) is 0.691. The first-order valence-corrected chi connectivity index (χ1v) is 8.20. The fraction of sp³-hybridized carbons (Fsp3) is 0.667. The van der Waals surface area contributed by atoms with Crippen molar-refractivity contribution in [3.05, 3.63) is 16.1 Å². The van der Waals surface area contributed by atoms with Crippen LogP contribution in [0.25, 0.3) is 0 Å². The number of aryl methyl sites for hydroxylation is 1. The molecule has 0 N–H and O–H groups in total. The zero-order chi connectivity index (χ0) is 15.8. The third kappa shape index (κ3) is 6.25. The molecule has 0 atom stereocenters. The Hall–Kier alpha value is -1.43. The normalized spacial score (nSPS) is 10.7. The molecule has 118 valence electrons. The van der Waals surface area contributed by atoms with Gasteiger partial charge in [-0.1, -0.05) is 20.8 Å². The third-order valence-electron chi connectivity index (χ3n) is 2.80. The summed E-state index contributed by atoms with van der Waals surface area (Å²) in [6, 6.07) is 0. The lowest BCUT2D eigenvalue weighted by atomic mass is 10.2. The summed E-state index contributed by atoms with van der Waals surface area (Å²) < 4.78 is 4.93. The van der Waals surface area contributed by atoms with E-state index in [1.165, 1.54) is 0 Å². The Labute approximate surface area is 130 Å². The number of nitrogens with zero attached hydrogens (tertiary/aromatic N) is 2. The van der Waals surface area contributed by atoms with E-state index in [-0.39, 0.29) is 24.8 Å². The van der Waals surface area contributed by atoms with Crippen LogP contribution in [0.15, 0.2) is 5.38 Å². The topological polar surface area (TPSA) is 59.5 Å². The Morgan fingerprint density at radius 1 is 1.38 bits per heavy atom. The number of amides is 1. The molecule has 6 heteroatoms. The third-order valence-corrected chi connectivity index (χ3v) is 3.84. The molecule has 0 unspecified atom stereocenters. The largest absolute Gasteiger partial charge is 0.465 e. The van der Waals surface area contributed by atoms with Crippen LogP contribution in [-0.4, -0.2) is 41.5 Å². The molecule has 0 saturated carbocycles. The molecule has 1 amide bonds. The van der Waals surface area contributed by atoms with Crippen molar-refractivity contribution in [1.29, 1.82) is 0 Å². The molecular formula is C15H24N2O3S. The Balaban J connectivity index is 2.67. The van der Waals surface area contributed by atoms with E-state index in [2.05, 4.69) is 4.98 Å². The number of thiazole rings is 1. The number of aromatic nitrogens is 1. The summed E-state index contributed by atoms with van der Waals surface area (Å²) >= 11 is 1.57. The highest BCUT2D eigenvalue weighted by Crippen LogP contribution is 2.12. The van der Waals surface area contributed by atoms with Gasteiger partial charge in [0.1, 0.15) is 6.54 Å². The minimum absolute atomic E-state index is 0.00955. The zero-order valence-electron chi connectivity index (χ0n) is 13.2. The molecule has 0 fully saturated rings. The first-order chi connectivity index (χ1) is 9.96. The summed E-state index contributed by atoms with van der Waals surface area (Å²) in [6.45, 7) is 8.71. The Morgan fingerprint density at radius 3 is 2.62 bits per heavy atom. The molecule has 1 heterocycles. The second kappa shape index (κ2) is 8.77. The van der Waals surface area contributed by atoms with Gasteiger partial charge in [0.05, 0.1) is 23.7 Å². The standard InChI is InChI=1S/C15H24N2O3S/c1-5-13-16-12(10-21-13)7-14(18)17(8-11(3)4)9-15(19)20-6-2/h10-11H,5-9H2,1-4H3. The second-order valence-electron chi connectivity index (χ2n) is 5.24. The van der Waals surface area contributed by atoms with Crippen LogP contribution in [0.5, 0.6) is 0 Å². The molecule has 1 aromatic heterocycles. The minimum atomic E-state index is -0.362. The lowest BCUT2D eigenvalue weighted by Crippen LogP contribution is -2.39. The molecule has 0 spiro atoms. The van der Waals surface area contributed by atoms with Gasteiger partial charge in [-0.2, -0.15) is 0 Å². The van der Waals surface area contributed by atoms with Gasteiger partial charge in [0.2, 0.25) is 5.91 Å². The SMILES string of the molecule is CCOC(=O)CN(CC(C)C)C(=O)Cc1csc(CC)n1. The van der Waals surface area contributed by atoms with E-state index in [1.54, 1.807) is 23.2 Å². The molecule has 0 bridgehead atoms. The average molecular weight is 312 g/mol. The van der Waals surface area contributed by atoms with Crippen LogP contribution in [-0.2, 0) is 27.2 Å². The Kier molecular flexibility index (Phi) is 7.36. The predicted octanol–water partition coefficient (Wildman–Crippen LogP) is 2.30. The average Bonchev–Trinajstić information content (AvgIpc) is 2.85. The zero-order valence-corrected chi connectivity index (χ0v) is 14.0. The highest BCUT2D eigenvalue weighted by molar-refractivity contribution is 7.09. The van der Waals surface area contributed by atoms with Crippen molar-refractivity contribution in [3.8, 4) is 0 Å². The van der Waals surface area contributed by atoms with E-state index in [4.69, 9.17) is 4.74 Å². The van der Waals surface area contributed by atoms with Gasteiger partial charge in [-0.15, -0.1) is 11.3 Å². The molecule has 0 aliphatic carbocycles. The van der Waals surface area contributed by atoms with E-state index < -0.39 is 0 Å². The van der Waals surface area contributed by atoms with Gasteiger partial charge in [-0.3, -0.25) is 9.59 Å². The summed E-state index contributed by atoms with van der Waals surface area (Å²) in [5, 5.41) is 2.94. The second-order valence-corrected chi connectivity index (χ2v) is 6.18. The Morgan fingerprint density at radius 2 is 2.10 bits per heavy atom. The van der Waals surface area contributed by atoms with Gasteiger partial charge < -0.3 is 9.64 Å². The number of hydrogen-bond donors (Lipinski definition) is 0. The van der Waals surface area contributed by atoms with Crippen LogP contribution >= 0.6 is 11.3 Å². The minimum Gasteiger partial charge on any atom is -0.465 e. The lowest BCUT2D eigenvalue weighted by Gasteiger charge is -2.23. The van der Waals surface area contributed by atoms with Crippen molar-refractivity contribution < 1.29 is 14.3 Å². The molecule has 1 aromatic rings. The smallest absolute Gasteiger partial charge is 0.325 e. The first-order valence-electron chi connectivity index (χ1n) is 7.32. The molecule has 0 aromatic carbocycles. The highest BCUT2D eigenvalue weighted by atomic mass is 32.1. The van der Waals surface area contributed by atoms with Crippen LogP contribution in [0.4, 0.5) is 0 Å². The van der Waals surface area contributed by atoms with Crippen molar-refractivity contribution in [3.63, 3.8) is 0 Å². The number of esters is 1. The predicted molar refractivity (Wildman–Crippen MR) is 83.2 cm³/mol. The van der Waals surface area contributed by atoms with Crippen molar-refractivity contribution in [2.24, 2.45) is 5.92 Å². The van der Waals surface area contributed by atoms with Crippen LogP contribution in [0.3, 0.4) is 0 Å². The van der Waals surface area contributed by atoms with Gasteiger partial charge in [0.15, 0.2) is 0 Å². The summed E-state index contributed by atoms with van der Waals surface area (Å²) in [4.78, 5) is 29.9. The number of carbonyl (C=O) groups excluding carboxylic acids is 2. The van der Waals surface area contributed by atoms with E-state index in [1.807, 2.05) is 26.2 Å². The maximum absolute atomic E-state index is 12.4. The van der Waals surface area contributed by atoms with Gasteiger partial charge in [-0.05, 0) is 19.3 Å². The number of rotatable bonds is 8. The van der Waals surface area contributed by atoms with E-state index >= 15 is 0 Å². The summed E-state index contributed by atoms with van der Waals surface area (Å²) in [7, 11) is 0. The molecule has 5 nitrogen and oxygen atoms in total. The van der Waals surface area contributed by atoms with Crippen LogP contribution in [0.1, 0.15) is 38.4 Å². The molecular weight excluding hydrogens is 288 g/mol. The Bertz CT molecular complexity index is 471. The fourth-order valence-corrected chi connectivity index (χ4v) is 2.66. The van der Waals surface area contributed by atoms with Crippen molar-refractivity contribution in [2.75, 3.05) is 19.7 Å². The van der Waals surface area contributed by atoms with Gasteiger partial charge in [0, 0.05) is 11.9 Å². The van der Waals surface area contributed by atoms with Crippen LogP contribution < -0.4 is 0 Å². The molecule has 0 aliphatic heterocycles. The van der Waals surface area contributed by atoms with Crippen molar-refractivity contribution in [2.45, 2.75) is 40.5 Å². The van der Waals surface area contributed by atoms with Crippen molar-refractivity contribution in [1.82, 2.24) is 9.88 Å². The molecule has 0 aliphatic rings. The van der Waals surface area contributed by atoms with Gasteiger partial charge >= 0.3 is 5.97 Å².